The number of anilines is 1. The van der Waals surface area contributed by atoms with Crippen molar-refractivity contribution in [2.45, 2.75) is 39.2 Å². The van der Waals surface area contributed by atoms with Gasteiger partial charge in [0.1, 0.15) is 11.4 Å². The van der Waals surface area contributed by atoms with Crippen LogP contribution in [0.4, 0.5) is 5.82 Å². The Balaban J connectivity index is 2.37. The highest BCUT2D eigenvalue weighted by Gasteiger charge is 2.31. The van der Waals surface area contributed by atoms with Crippen LogP contribution in [0.15, 0.2) is 0 Å². The largest absolute Gasteiger partial charge is 0.462 e. The summed E-state index contributed by atoms with van der Waals surface area (Å²) in [5.74, 6) is 0.0987. The number of esters is 1. The average molecular weight is 223 g/mol. The van der Waals surface area contributed by atoms with E-state index in [2.05, 4.69) is 5.10 Å². The number of ether oxygens (including phenoxy) is 1. The van der Waals surface area contributed by atoms with Gasteiger partial charge in [0.2, 0.25) is 0 Å². The fourth-order valence-electron chi connectivity index (χ4n) is 1.77. The average Bonchev–Trinajstić information content (AvgIpc) is 3.03. The smallest absolute Gasteiger partial charge is 0.343 e. The molecule has 2 N–H and O–H groups in total. The fraction of sp³-hybridized carbons (Fsp3) is 0.636. The molecule has 1 aliphatic rings. The number of nitrogens with zero attached hydrogens (tertiary/aromatic N) is 2. The molecular weight excluding hydrogens is 206 g/mol. The zero-order valence-corrected chi connectivity index (χ0v) is 9.69. The SMILES string of the molecule is CCOC(=O)c1c(CC)nn(C2CC2)c1N. The molecular formula is C11H17N3O2. The van der Waals surface area contributed by atoms with Crippen molar-refractivity contribution in [3.05, 3.63) is 11.3 Å². The Bertz CT molecular complexity index is 408. The summed E-state index contributed by atoms with van der Waals surface area (Å²) < 4.78 is 6.76. The standard InChI is InChI=1S/C11H17N3O2/c1-3-8-9(11(15)16-4-2)10(12)14(13-8)7-5-6-7/h7H,3-6,12H2,1-2H3. The summed E-state index contributed by atoms with van der Waals surface area (Å²) in [4.78, 5) is 11.7. The van der Waals surface area contributed by atoms with E-state index < -0.39 is 0 Å². The topological polar surface area (TPSA) is 70.1 Å². The summed E-state index contributed by atoms with van der Waals surface area (Å²) in [7, 11) is 0. The number of carbonyl (C=O) groups is 1. The van der Waals surface area contributed by atoms with E-state index in [0.717, 1.165) is 18.5 Å². The summed E-state index contributed by atoms with van der Waals surface area (Å²) in [6, 6.07) is 0.383. The van der Waals surface area contributed by atoms with Gasteiger partial charge in [0, 0.05) is 0 Å². The first-order chi connectivity index (χ1) is 7.69. The fourth-order valence-corrected chi connectivity index (χ4v) is 1.77. The lowest BCUT2D eigenvalue weighted by molar-refractivity contribution is 0.0526. The first-order valence-electron chi connectivity index (χ1n) is 5.73. The molecule has 1 saturated carbocycles. The quantitative estimate of drug-likeness (QED) is 0.786. The first kappa shape index (κ1) is 11.0. The molecule has 1 aromatic heterocycles. The van der Waals surface area contributed by atoms with Crippen molar-refractivity contribution in [3.8, 4) is 0 Å². The van der Waals surface area contributed by atoms with Crippen LogP contribution in [0.5, 0.6) is 0 Å². The van der Waals surface area contributed by atoms with E-state index in [4.69, 9.17) is 10.5 Å². The van der Waals surface area contributed by atoms with Gasteiger partial charge in [-0.05, 0) is 26.2 Å². The number of aromatic nitrogens is 2. The molecule has 5 nitrogen and oxygen atoms in total. The summed E-state index contributed by atoms with van der Waals surface area (Å²) in [6.07, 6.45) is 2.88. The maximum absolute atomic E-state index is 11.7. The van der Waals surface area contributed by atoms with Crippen molar-refractivity contribution in [3.63, 3.8) is 0 Å². The van der Waals surface area contributed by atoms with Gasteiger partial charge in [-0.15, -0.1) is 0 Å². The zero-order valence-electron chi connectivity index (χ0n) is 9.69. The number of rotatable bonds is 4. The Kier molecular flexibility index (Phi) is 2.85. The van der Waals surface area contributed by atoms with Crippen molar-refractivity contribution in [1.29, 1.82) is 0 Å². The molecule has 1 fully saturated rings. The number of hydrogen-bond acceptors (Lipinski definition) is 4. The zero-order chi connectivity index (χ0) is 11.7. The van der Waals surface area contributed by atoms with Crippen LogP contribution < -0.4 is 5.73 Å². The number of hydrogen-bond donors (Lipinski definition) is 1. The van der Waals surface area contributed by atoms with Crippen molar-refractivity contribution >= 4 is 11.8 Å². The molecule has 0 aromatic carbocycles. The molecule has 16 heavy (non-hydrogen) atoms. The Morgan fingerprint density at radius 3 is 2.75 bits per heavy atom. The molecule has 0 spiro atoms. The van der Waals surface area contributed by atoms with E-state index in [1.165, 1.54) is 0 Å². The van der Waals surface area contributed by atoms with Crippen molar-refractivity contribution < 1.29 is 9.53 Å². The Morgan fingerprint density at radius 2 is 2.25 bits per heavy atom. The van der Waals surface area contributed by atoms with Gasteiger partial charge in [0.15, 0.2) is 0 Å². The van der Waals surface area contributed by atoms with Crippen molar-refractivity contribution in [2.75, 3.05) is 12.3 Å². The molecule has 2 rings (SSSR count). The van der Waals surface area contributed by atoms with E-state index >= 15 is 0 Å². The molecule has 88 valence electrons. The molecule has 5 heteroatoms. The van der Waals surface area contributed by atoms with Crippen LogP contribution in [0, 0.1) is 0 Å². The maximum atomic E-state index is 11.7. The molecule has 1 aliphatic carbocycles. The van der Waals surface area contributed by atoms with Gasteiger partial charge in [-0.25, -0.2) is 9.48 Å². The molecule has 1 aromatic rings. The van der Waals surface area contributed by atoms with Crippen LogP contribution in [-0.4, -0.2) is 22.4 Å². The Hall–Kier alpha value is -1.52. The number of carbonyl (C=O) groups excluding carboxylic acids is 1. The lowest BCUT2D eigenvalue weighted by Gasteiger charge is -2.03. The van der Waals surface area contributed by atoms with Gasteiger partial charge in [0.25, 0.3) is 0 Å². The summed E-state index contributed by atoms with van der Waals surface area (Å²) in [6.45, 7) is 4.10. The van der Waals surface area contributed by atoms with Crippen LogP contribution in [0.25, 0.3) is 0 Å². The van der Waals surface area contributed by atoms with Crippen LogP contribution in [0.2, 0.25) is 0 Å². The minimum atomic E-state index is -0.358. The monoisotopic (exact) mass is 223 g/mol. The van der Waals surface area contributed by atoms with Crippen LogP contribution >= 0.6 is 0 Å². The Labute approximate surface area is 94.6 Å². The van der Waals surface area contributed by atoms with Crippen LogP contribution in [0.1, 0.15) is 48.8 Å². The van der Waals surface area contributed by atoms with Crippen molar-refractivity contribution in [2.24, 2.45) is 0 Å². The molecule has 0 unspecified atom stereocenters. The highest BCUT2D eigenvalue weighted by molar-refractivity contribution is 5.95. The van der Waals surface area contributed by atoms with E-state index in [1.54, 1.807) is 11.6 Å². The lowest BCUT2D eigenvalue weighted by Crippen LogP contribution is -2.10. The summed E-state index contributed by atoms with van der Waals surface area (Å²) >= 11 is 0. The molecule has 1 heterocycles. The number of nitrogens with two attached hydrogens (primary N) is 1. The third-order valence-electron chi connectivity index (χ3n) is 2.73. The predicted octanol–water partition coefficient (Wildman–Crippen LogP) is 1.54. The molecule has 0 aliphatic heterocycles. The van der Waals surface area contributed by atoms with Gasteiger partial charge in [-0.1, -0.05) is 6.92 Å². The number of aryl methyl sites for hydroxylation is 1. The number of nitrogen functional groups attached to an aromatic ring is 1. The minimum Gasteiger partial charge on any atom is -0.462 e. The van der Waals surface area contributed by atoms with E-state index in [0.29, 0.717) is 30.5 Å². The maximum Gasteiger partial charge on any atom is 0.343 e. The van der Waals surface area contributed by atoms with E-state index in [-0.39, 0.29) is 5.97 Å². The molecule has 0 atom stereocenters. The Morgan fingerprint density at radius 1 is 1.56 bits per heavy atom. The van der Waals surface area contributed by atoms with Crippen molar-refractivity contribution in [1.82, 2.24) is 9.78 Å². The normalized spacial score (nSPS) is 15.1. The molecule has 0 bridgehead atoms. The van der Waals surface area contributed by atoms with Gasteiger partial charge < -0.3 is 10.5 Å². The van der Waals surface area contributed by atoms with Crippen LogP contribution in [-0.2, 0) is 11.2 Å². The molecule has 0 radical (unpaired) electrons. The third-order valence-corrected chi connectivity index (χ3v) is 2.73. The summed E-state index contributed by atoms with van der Waals surface area (Å²) in [5, 5.41) is 4.38. The second-order valence-corrected chi connectivity index (χ2v) is 3.96. The molecule has 0 saturated heterocycles. The highest BCUT2D eigenvalue weighted by Crippen LogP contribution is 2.37. The lowest BCUT2D eigenvalue weighted by atomic mass is 10.2. The highest BCUT2D eigenvalue weighted by atomic mass is 16.5. The minimum absolute atomic E-state index is 0.357. The third kappa shape index (κ3) is 1.77. The second kappa shape index (κ2) is 4.15. The van der Waals surface area contributed by atoms with E-state index in [9.17, 15) is 4.79 Å². The molecule has 0 amide bonds. The van der Waals surface area contributed by atoms with Gasteiger partial charge in [-0.3, -0.25) is 0 Å². The van der Waals surface area contributed by atoms with Gasteiger partial charge in [-0.2, -0.15) is 5.10 Å². The van der Waals surface area contributed by atoms with E-state index in [1.807, 2.05) is 6.92 Å². The predicted molar refractivity (Wildman–Crippen MR) is 60.2 cm³/mol. The second-order valence-electron chi connectivity index (χ2n) is 3.96. The van der Waals surface area contributed by atoms with Crippen LogP contribution in [0.3, 0.4) is 0 Å². The van der Waals surface area contributed by atoms with Gasteiger partial charge in [0.05, 0.1) is 18.3 Å². The first-order valence-corrected chi connectivity index (χ1v) is 5.73. The van der Waals surface area contributed by atoms with Gasteiger partial charge >= 0.3 is 5.97 Å². The summed E-state index contributed by atoms with van der Waals surface area (Å²) in [5.41, 5.74) is 7.15.